The zero-order valence-corrected chi connectivity index (χ0v) is 9.83. The summed E-state index contributed by atoms with van der Waals surface area (Å²) in [4.78, 5) is 12.2. The first-order valence-electron chi connectivity index (χ1n) is 4.19. The van der Waals surface area contributed by atoms with Gasteiger partial charge in [0.2, 0.25) is 5.56 Å². The summed E-state index contributed by atoms with van der Waals surface area (Å²) in [7, 11) is 0. The van der Waals surface area contributed by atoms with Crippen molar-refractivity contribution in [3.63, 3.8) is 0 Å². The normalized spacial score (nSPS) is 12.6. The van der Waals surface area contributed by atoms with E-state index in [4.69, 9.17) is 0 Å². The van der Waals surface area contributed by atoms with E-state index >= 15 is 0 Å². The van der Waals surface area contributed by atoms with Crippen molar-refractivity contribution < 1.29 is 31.1 Å². The highest BCUT2D eigenvalue weighted by atomic mass is 79.9. The fraction of sp³-hybridized carbons (Fsp3) is 0.375. The minimum absolute atomic E-state index is 0.397. The molecule has 0 bridgehead atoms. The Balaban J connectivity index is 3.48. The van der Waals surface area contributed by atoms with Crippen LogP contribution in [-0.4, -0.2) is 11.3 Å². The Labute approximate surface area is 104 Å². The van der Waals surface area contributed by atoms with Gasteiger partial charge in [0, 0.05) is 17.0 Å². The van der Waals surface area contributed by atoms with Crippen LogP contribution >= 0.6 is 15.9 Å². The zero-order chi connectivity index (χ0) is 14.1. The predicted molar refractivity (Wildman–Crippen MR) is 51.4 cm³/mol. The van der Waals surface area contributed by atoms with E-state index in [9.17, 15) is 31.1 Å². The highest BCUT2D eigenvalue weighted by Gasteiger charge is 2.41. The number of rotatable bonds is 2. The van der Waals surface area contributed by atoms with E-state index in [1.807, 2.05) is 0 Å². The van der Waals surface area contributed by atoms with Gasteiger partial charge >= 0.3 is 12.5 Å². The molecule has 18 heavy (non-hydrogen) atoms. The monoisotopic (exact) mass is 339 g/mol. The number of ether oxygens (including phenoxy) is 1. The lowest BCUT2D eigenvalue weighted by molar-refractivity contribution is -0.276. The standard InChI is InChI=1S/C8H4BrF6NO2/c9-2-3-1-4(17)16-6(7(10,11)12)5(3)18-8(13,14)15/h1H,2H2,(H,16,17). The van der Waals surface area contributed by atoms with Gasteiger partial charge in [-0.05, 0) is 0 Å². The van der Waals surface area contributed by atoms with Crippen LogP contribution < -0.4 is 10.3 Å². The first kappa shape index (κ1) is 14.9. The van der Waals surface area contributed by atoms with E-state index < -0.39 is 40.4 Å². The fourth-order valence-electron chi connectivity index (χ4n) is 1.13. The zero-order valence-electron chi connectivity index (χ0n) is 8.25. The average Bonchev–Trinajstić information content (AvgIpc) is 2.16. The van der Waals surface area contributed by atoms with E-state index in [1.54, 1.807) is 0 Å². The van der Waals surface area contributed by atoms with Crippen molar-refractivity contribution in [3.8, 4) is 5.75 Å². The molecular formula is C8H4BrF6NO2. The number of aromatic nitrogens is 1. The summed E-state index contributed by atoms with van der Waals surface area (Å²) in [5.41, 5.74) is -3.60. The number of aromatic amines is 1. The Morgan fingerprint density at radius 1 is 1.22 bits per heavy atom. The molecule has 1 heterocycles. The van der Waals surface area contributed by atoms with Crippen LogP contribution in [0.3, 0.4) is 0 Å². The maximum absolute atomic E-state index is 12.5. The van der Waals surface area contributed by atoms with Gasteiger partial charge in [-0.25, -0.2) is 0 Å². The smallest absolute Gasteiger partial charge is 0.403 e. The van der Waals surface area contributed by atoms with Crippen LogP contribution in [0.5, 0.6) is 5.75 Å². The Morgan fingerprint density at radius 3 is 2.17 bits per heavy atom. The molecule has 102 valence electrons. The second-order valence-corrected chi connectivity index (χ2v) is 3.60. The molecule has 3 nitrogen and oxygen atoms in total. The molecule has 1 aromatic heterocycles. The lowest BCUT2D eigenvalue weighted by atomic mass is 10.2. The van der Waals surface area contributed by atoms with E-state index in [0.717, 1.165) is 0 Å². The summed E-state index contributed by atoms with van der Waals surface area (Å²) in [5, 5.41) is -0.397. The van der Waals surface area contributed by atoms with Gasteiger partial charge < -0.3 is 9.72 Å². The van der Waals surface area contributed by atoms with Gasteiger partial charge in [-0.3, -0.25) is 4.79 Å². The number of hydrogen-bond acceptors (Lipinski definition) is 2. The minimum atomic E-state index is -5.30. The molecule has 0 aliphatic heterocycles. The van der Waals surface area contributed by atoms with Crippen molar-refractivity contribution in [1.29, 1.82) is 0 Å². The highest BCUT2D eigenvalue weighted by Crippen LogP contribution is 2.38. The van der Waals surface area contributed by atoms with Gasteiger partial charge in [0.25, 0.3) is 0 Å². The summed E-state index contributed by atoms with van der Waals surface area (Å²) in [5.74, 6) is -1.47. The molecular weight excluding hydrogens is 336 g/mol. The largest absolute Gasteiger partial charge is 0.573 e. The molecule has 0 aliphatic carbocycles. The number of halogens is 7. The molecule has 1 aromatic rings. The molecule has 10 heteroatoms. The lowest BCUT2D eigenvalue weighted by Gasteiger charge is -2.17. The molecule has 0 unspecified atom stereocenters. The summed E-state index contributed by atoms with van der Waals surface area (Å²) in [6, 6.07) is 0.588. The molecule has 0 fully saturated rings. The molecule has 0 aliphatic rings. The average molecular weight is 340 g/mol. The number of hydrogen-bond donors (Lipinski definition) is 1. The molecule has 1 rings (SSSR count). The van der Waals surface area contributed by atoms with Crippen LogP contribution in [0, 0.1) is 0 Å². The minimum Gasteiger partial charge on any atom is -0.403 e. The fourth-order valence-corrected chi connectivity index (χ4v) is 1.55. The number of alkyl halides is 7. The highest BCUT2D eigenvalue weighted by molar-refractivity contribution is 9.08. The number of pyridine rings is 1. The third-order valence-electron chi connectivity index (χ3n) is 1.72. The quantitative estimate of drug-likeness (QED) is 0.664. The molecule has 0 saturated carbocycles. The maximum Gasteiger partial charge on any atom is 0.573 e. The molecule has 1 N–H and O–H groups in total. The van der Waals surface area contributed by atoms with Gasteiger partial charge in [0.05, 0.1) is 0 Å². The van der Waals surface area contributed by atoms with Crippen molar-refractivity contribution in [2.24, 2.45) is 0 Å². The summed E-state index contributed by atoms with van der Waals surface area (Å²) < 4.78 is 76.9. The third kappa shape index (κ3) is 3.65. The molecule has 0 saturated heterocycles. The molecule has 0 radical (unpaired) electrons. The second-order valence-electron chi connectivity index (χ2n) is 3.04. The topological polar surface area (TPSA) is 42.1 Å². The number of nitrogens with one attached hydrogen (secondary N) is 1. The second kappa shape index (κ2) is 4.82. The van der Waals surface area contributed by atoms with Crippen LogP contribution in [0.2, 0.25) is 0 Å². The maximum atomic E-state index is 12.5. The lowest BCUT2D eigenvalue weighted by Crippen LogP contribution is -2.25. The van der Waals surface area contributed by atoms with E-state index in [1.165, 1.54) is 4.98 Å². The van der Waals surface area contributed by atoms with Crippen molar-refractivity contribution in [2.75, 3.05) is 0 Å². The van der Waals surface area contributed by atoms with Crippen molar-refractivity contribution in [2.45, 2.75) is 17.9 Å². The Hall–Kier alpha value is -1.19. The van der Waals surface area contributed by atoms with Crippen LogP contribution in [0.4, 0.5) is 26.3 Å². The van der Waals surface area contributed by atoms with Crippen molar-refractivity contribution in [1.82, 2.24) is 4.98 Å². The Kier molecular flexibility index (Phi) is 3.99. The summed E-state index contributed by atoms with van der Waals surface area (Å²) in [6.45, 7) is 0. The van der Waals surface area contributed by atoms with Gasteiger partial charge in [-0.15, -0.1) is 13.2 Å². The van der Waals surface area contributed by atoms with E-state index in [2.05, 4.69) is 20.7 Å². The van der Waals surface area contributed by atoms with Crippen LogP contribution in [0.25, 0.3) is 0 Å². The predicted octanol–water partition coefficient (Wildman–Crippen LogP) is 3.19. The Morgan fingerprint density at radius 2 is 1.78 bits per heavy atom. The van der Waals surface area contributed by atoms with Crippen LogP contribution in [-0.2, 0) is 11.5 Å². The van der Waals surface area contributed by atoms with Crippen LogP contribution in [0.1, 0.15) is 11.3 Å². The number of H-pyrrole nitrogens is 1. The van der Waals surface area contributed by atoms with Crippen molar-refractivity contribution >= 4 is 15.9 Å². The molecule has 0 aromatic carbocycles. The molecule has 0 amide bonds. The SMILES string of the molecule is O=c1cc(CBr)c(OC(F)(F)F)c(C(F)(F)F)[nH]1. The van der Waals surface area contributed by atoms with E-state index in [-0.39, 0.29) is 0 Å². The van der Waals surface area contributed by atoms with Crippen LogP contribution in [0.15, 0.2) is 10.9 Å². The van der Waals surface area contributed by atoms with Crippen molar-refractivity contribution in [3.05, 3.63) is 27.7 Å². The Bertz CT molecular complexity index is 492. The van der Waals surface area contributed by atoms with Gasteiger partial charge in [-0.1, -0.05) is 15.9 Å². The third-order valence-corrected chi connectivity index (χ3v) is 2.32. The van der Waals surface area contributed by atoms with Gasteiger partial charge in [0.15, 0.2) is 11.4 Å². The molecule has 0 spiro atoms. The van der Waals surface area contributed by atoms with Gasteiger partial charge in [-0.2, -0.15) is 13.2 Å². The van der Waals surface area contributed by atoms with Gasteiger partial charge in [0.1, 0.15) is 0 Å². The summed E-state index contributed by atoms with van der Waals surface area (Å²) in [6.07, 6.45) is -10.5. The first-order valence-corrected chi connectivity index (χ1v) is 5.32. The van der Waals surface area contributed by atoms with E-state index in [0.29, 0.717) is 6.07 Å². The summed E-state index contributed by atoms with van der Waals surface area (Å²) >= 11 is 2.68. The first-order chi connectivity index (χ1) is 8.04. The molecule has 0 atom stereocenters.